The van der Waals surface area contributed by atoms with Gasteiger partial charge >= 0.3 is 12.2 Å². The van der Waals surface area contributed by atoms with Gasteiger partial charge in [0.25, 0.3) is 5.78 Å². The summed E-state index contributed by atoms with van der Waals surface area (Å²) in [5.41, 5.74) is 4.20. The van der Waals surface area contributed by atoms with Crippen molar-refractivity contribution >= 4 is 17.6 Å². The number of urea groups is 1. The van der Waals surface area contributed by atoms with E-state index in [2.05, 4.69) is 20.4 Å². The molecule has 0 aliphatic carbocycles. The lowest BCUT2D eigenvalue weighted by molar-refractivity contribution is -0.141. The number of nitrogens with zero attached hydrogens (tertiary/aromatic N) is 5. The second-order valence-corrected chi connectivity index (χ2v) is 5.26. The fourth-order valence-corrected chi connectivity index (χ4v) is 2.56. The molecule has 1 saturated heterocycles. The van der Waals surface area contributed by atoms with E-state index in [0.717, 1.165) is 12.4 Å². The number of halogens is 3. The summed E-state index contributed by atoms with van der Waals surface area (Å²) < 4.78 is 40.0. The number of anilines is 1. The molecule has 3 heterocycles. The number of amides is 2. The molecular formula is C12H14F3N7O. The molecule has 3 N–H and O–H groups in total. The standard InChI is InChI=1S/C12H14F3N7O/c13-12(14,15)8-4-9(22-11(20-8)17-6-18-22)19-7-2-1-3-21(5-7)10(16)23/h4,6-7,19H,1-3,5H2,(H2,16,23). The summed E-state index contributed by atoms with van der Waals surface area (Å²) in [7, 11) is 0. The number of nitrogens with two attached hydrogens (primary N) is 1. The van der Waals surface area contributed by atoms with Gasteiger partial charge in [0.1, 0.15) is 12.1 Å². The highest BCUT2D eigenvalue weighted by Crippen LogP contribution is 2.30. The van der Waals surface area contributed by atoms with Gasteiger partial charge in [-0.25, -0.2) is 9.78 Å². The first-order valence-corrected chi connectivity index (χ1v) is 6.93. The molecule has 11 heteroatoms. The van der Waals surface area contributed by atoms with Gasteiger partial charge in [0, 0.05) is 25.2 Å². The fourth-order valence-electron chi connectivity index (χ4n) is 2.56. The van der Waals surface area contributed by atoms with E-state index in [1.54, 1.807) is 0 Å². The van der Waals surface area contributed by atoms with Gasteiger partial charge in [-0.1, -0.05) is 0 Å². The van der Waals surface area contributed by atoms with Crippen molar-refractivity contribution in [3.8, 4) is 0 Å². The van der Waals surface area contributed by atoms with Crippen LogP contribution in [0.25, 0.3) is 5.78 Å². The average Bonchev–Trinajstić information content (AvgIpc) is 2.95. The largest absolute Gasteiger partial charge is 0.433 e. The molecule has 8 nitrogen and oxygen atoms in total. The number of rotatable bonds is 2. The molecule has 0 radical (unpaired) electrons. The Morgan fingerprint density at radius 1 is 1.43 bits per heavy atom. The third-order valence-electron chi connectivity index (χ3n) is 3.63. The van der Waals surface area contributed by atoms with Crippen LogP contribution in [0.3, 0.4) is 0 Å². The van der Waals surface area contributed by atoms with Crippen molar-refractivity contribution in [2.45, 2.75) is 25.1 Å². The number of hydrogen-bond acceptors (Lipinski definition) is 5. The average molecular weight is 329 g/mol. The van der Waals surface area contributed by atoms with E-state index in [0.29, 0.717) is 25.9 Å². The van der Waals surface area contributed by atoms with Crippen LogP contribution >= 0.6 is 0 Å². The smallest absolute Gasteiger partial charge is 0.365 e. The van der Waals surface area contributed by atoms with Crippen LogP contribution < -0.4 is 11.1 Å². The van der Waals surface area contributed by atoms with Gasteiger partial charge in [-0.05, 0) is 12.8 Å². The van der Waals surface area contributed by atoms with Crippen molar-refractivity contribution in [3.05, 3.63) is 18.1 Å². The number of carbonyl (C=O) groups excluding carboxylic acids is 1. The van der Waals surface area contributed by atoms with E-state index < -0.39 is 17.9 Å². The summed E-state index contributed by atoms with van der Waals surface area (Å²) in [5.74, 6) is -0.0268. The minimum atomic E-state index is -4.59. The highest BCUT2D eigenvalue weighted by molar-refractivity contribution is 5.72. The first-order chi connectivity index (χ1) is 10.8. The molecule has 1 unspecified atom stereocenters. The highest BCUT2D eigenvalue weighted by atomic mass is 19.4. The van der Waals surface area contributed by atoms with Gasteiger partial charge in [-0.15, -0.1) is 0 Å². The van der Waals surface area contributed by atoms with Crippen LogP contribution in [0.5, 0.6) is 0 Å². The van der Waals surface area contributed by atoms with Crippen LogP contribution in [0.1, 0.15) is 18.5 Å². The zero-order valence-electron chi connectivity index (χ0n) is 11.9. The number of hydrogen-bond donors (Lipinski definition) is 2. The summed E-state index contributed by atoms with van der Waals surface area (Å²) in [5, 5.41) is 6.85. The van der Waals surface area contributed by atoms with Crippen LogP contribution in [-0.4, -0.2) is 49.6 Å². The maximum absolute atomic E-state index is 12.9. The second kappa shape index (κ2) is 5.56. The van der Waals surface area contributed by atoms with Gasteiger partial charge in [-0.2, -0.15) is 27.8 Å². The van der Waals surface area contributed by atoms with Gasteiger partial charge in [0.05, 0.1) is 0 Å². The van der Waals surface area contributed by atoms with Crippen molar-refractivity contribution in [2.24, 2.45) is 5.73 Å². The molecule has 1 aliphatic rings. The van der Waals surface area contributed by atoms with Gasteiger partial charge in [0.15, 0.2) is 5.69 Å². The molecular weight excluding hydrogens is 315 g/mol. The Morgan fingerprint density at radius 2 is 2.22 bits per heavy atom. The Morgan fingerprint density at radius 3 is 2.91 bits per heavy atom. The SMILES string of the molecule is NC(=O)N1CCCC(Nc2cc(C(F)(F)F)nc3ncnn23)C1. The molecule has 3 rings (SSSR count). The maximum Gasteiger partial charge on any atom is 0.433 e. The molecule has 1 aliphatic heterocycles. The molecule has 1 fully saturated rings. The van der Waals surface area contributed by atoms with E-state index in [4.69, 9.17) is 5.73 Å². The van der Waals surface area contributed by atoms with Gasteiger partial charge in [-0.3, -0.25) is 0 Å². The number of likely N-dealkylation sites (tertiary alicyclic amines) is 1. The Bertz CT molecular complexity index is 729. The first kappa shape index (κ1) is 15.3. The number of primary amides is 1. The summed E-state index contributed by atoms with van der Waals surface area (Å²) in [4.78, 5) is 19.8. The van der Waals surface area contributed by atoms with E-state index in [9.17, 15) is 18.0 Å². The van der Waals surface area contributed by atoms with E-state index in [1.807, 2.05) is 0 Å². The maximum atomic E-state index is 12.9. The van der Waals surface area contributed by atoms with Crippen LogP contribution in [0.4, 0.5) is 23.8 Å². The lowest BCUT2D eigenvalue weighted by Gasteiger charge is -2.32. The zero-order valence-corrected chi connectivity index (χ0v) is 11.9. The highest BCUT2D eigenvalue weighted by Gasteiger charge is 2.34. The topological polar surface area (TPSA) is 101 Å². The number of carbonyl (C=O) groups is 1. The summed E-state index contributed by atoms with van der Waals surface area (Å²) in [6, 6.07) is 0.102. The van der Waals surface area contributed by atoms with Crippen LogP contribution in [0.15, 0.2) is 12.4 Å². The Kier molecular flexibility index (Phi) is 3.70. The molecule has 2 amide bonds. The Hall–Kier alpha value is -2.59. The van der Waals surface area contributed by atoms with Crippen LogP contribution in [-0.2, 0) is 6.18 Å². The molecule has 1 atom stereocenters. The zero-order chi connectivity index (χ0) is 16.6. The van der Waals surface area contributed by atoms with Crippen molar-refractivity contribution < 1.29 is 18.0 Å². The van der Waals surface area contributed by atoms with E-state index in [-0.39, 0.29) is 17.6 Å². The molecule has 124 valence electrons. The van der Waals surface area contributed by atoms with Crippen molar-refractivity contribution in [1.29, 1.82) is 0 Å². The normalized spacial score (nSPS) is 19.1. The Labute approximate surface area is 128 Å². The lowest BCUT2D eigenvalue weighted by Crippen LogP contribution is -2.47. The molecule has 0 bridgehead atoms. The minimum absolute atomic E-state index is 0.121. The first-order valence-electron chi connectivity index (χ1n) is 6.93. The van der Waals surface area contributed by atoms with Crippen molar-refractivity contribution in [1.82, 2.24) is 24.5 Å². The summed E-state index contributed by atoms with van der Waals surface area (Å²) in [6.45, 7) is 0.853. The van der Waals surface area contributed by atoms with E-state index >= 15 is 0 Å². The Balaban J connectivity index is 1.90. The number of aromatic nitrogens is 4. The van der Waals surface area contributed by atoms with Gasteiger partial charge < -0.3 is 16.0 Å². The molecule has 0 aromatic carbocycles. The monoisotopic (exact) mass is 329 g/mol. The van der Waals surface area contributed by atoms with Crippen LogP contribution in [0.2, 0.25) is 0 Å². The number of nitrogens with one attached hydrogen (secondary N) is 1. The van der Waals surface area contributed by atoms with Crippen LogP contribution in [0, 0.1) is 0 Å². The third-order valence-corrected chi connectivity index (χ3v) is 3.63. The number of fused-ring (bicyclic) bond motifs is 1. The molecule has 2 aromatic heterocycles. The van der Waals surface area contributed by atoms with Gasteiger partial charge in [0.2, 0.25) is 0 Å². The van der Waals surface area contributed by atoms with Crippen molar-refractivity contribution in [3.63, 3.8) is 0 Å². The molecule has 0 saturated carbocycles. The predicted molar refractivity (Wildman–Crippen MR) is 73.6 cm³/mol. The van der Waals surface area contributed by atoms with Crippen molar-refractivity contribution in [2.75, 3.05) is 18.4 Å². The third kappa shape index (κ3) is 3.12. The second-order valence-electron chi connectivity index (χ2n) is 5.26. The fraction of sp³-hybridized carbons (Fsp3) is 0.500. The summed E-state index contributed by atoms with van der Waals surface area (Å²) >= 11 is 0. The number of piperidine rings is 1. The summed E-state index contributed by atoms with van der Waals surface area (Å²) in [6.07, 6.45) is -2.05. The number of alkyl halides is 3. The lowest BCUT2D eigenvalue weighted by atomic mass is 10.1. The minimum Gasteiger partial charge on any atom is -0.365 e. The van der Waals surface area contributed by atoms with E-state index in [1.165, 1.54) is 9.42 Å². The predicted octanol–water partition coefficient (Wildman–Crippen LogP) is 1.10. The molecule has 23 heavy (non-hydrogen) atoms. The quantitative estimate of drug-likeness (QED) is 0.859. The molecule has 2 aromatic rings. The molecule has 0 spiro atoms.